The number of esters is 1. The number of quaternary nitrogens is 1. The van der Waals surface area contributed by atoms with E-state index in [1.54, 1.807) is 14.1 Å². The Kier molecular flexibility index (Phi) is 4.86. The summed E-state index contributed by atoms with van der Waals surface area (Å²) in [7, 11) is 3.35. The highest BCUT2D eigenvalue weighted by molar-refractivity contribution is 5.71. The zero-order valence-electron chi connectivity index (χ0n) is 8.52. The molecule has 0 saturated heterocycles. The number of hydrogen-bond acceptors (Lipinski definition) is 3. The van der Waals surface area contributed by atoms with Crippen LogP contribution in [-0.4, -0.2) is 48.9 Å². The molecule has 0 aromatic carbocycles. The highest BCUT2D eigenvalue weighted by Crippen LogP contribution is 1.98. The highest BCUT2D eigenvalue weighted by Gasteiger charge is 2.20. The minimum absolute atomic E-state index is 0.0545. The third kappa shape index (κ3) is 6.19. The van der Waals surface area contributed by atoms with Gasteiger partial charge in [0.15, 0.2) is 6.54 Å². The molecule has 0 aliphatic heterocycles. The summed E-state index contributed by atoms with van der Waals surface area (Å²) in [6.45, 7) is 3.37. The minimum Gasteiger partial charge on any atom is -0.477 e. The van der Waals surface area contributed by atoms with Gasteiger partial charge in [0.05, 0.1) is 20.5 Å². The smallest absolute Gasteiger partial charge is 0.359 e. The first kappa shape index (κ1) is 12.6. The largest absolute Gasteiger partial charge is 0.477 e. The molecule has 80 valence electrons. The molecule has 0 fully saturated rings. The zero-order valence-corrected chi connectivity index (χ0v) is 8.52. The van der Waals surface area contributed by atoms with Gasteiger partial charge in [0, 0.05) is 0 Å². The van der Waals surface area contributed by atoms with E-state index in [0.717, 1.165) is 0 Å². The van der Waals surface area contributed by atoms with Crippen LogP contribution in [-0.2, 0) is 14.3 Å². The molecule has 0 amide bonds. The molecule has 0 aliphatic rings. The molecule has 0 saturated carbocycles. The number of aliphatic carboxylic acids is 1. The third-order valence-electron chi connectivity index (χ3n) is 1.45. The second kappa shape index (κ2) is 5.39. The van der Waals surface area contributed by atoms with E-state index < -0.39 is 11.9 Å². The summed E-state index contributed by atoms with van der Waals surface area (Å²) in [5.74, 6) is -1.31. The Hall–Kier alpha value is -1.36. The van der Waals surface area contributed by atoms with E-state index in [9.17, 15) is 9.59 Å². The number of rotatable bonds is 6. The van der Waals surface area contributed by atoms with E-state index in [0.29, 0.717) is 0 Å². The monoisotopic (exact) mass is 202 g/mol. The molecule has 5 nitrogen and oxygen atoms in total. The molecule has 0 heterocycles. The molecule has 14 heavy (non-hydrogen) atoms. The number of carbonyl (C=O) groups excluding carboxylic acids is 1. The number of carbonyl (C=O) groups is 2. The lowest BCUT2D eigenvalue weighted by Gasteiger charge is -2.26. The Labute approximate surface area is 83.2 Å². The first-order valence-electron chi connectivity index (χ1n) is 4.18. The van der Waals surface area contributed by atoms with Crippen molar-refractivity contribution in [2.24, 2.45) is 0 Å². The number of likely N-dealkylation sites (N-methyl/N-ethyl adjacent to an activating group) is 1. The standard InChI is InChI=1S/C9H15NO4/c1-4-5-9(13)14-7-10(2,3)6-8(11)12/h4H,1,5-7H2,2-3H3/p+1. The summed E-state index contributed by atoms with van der Waals surface area (Å²) in [4.78, 5) is 21.3. The Bertz CT molecular complexity index is 235. The van der Waals surface area contributed by atoms with E-state index >= 15 is 0 Å². The van der Waals surface area contributed by atoms with Gasteiger partial charge < -0.3 is 9.84 Å². The second-order valence-electron chi connectivity index (χ2n) is 3.63. The van der Waals surface area contributed by atoms with Crippen molar-refractivity contribution < 1.29 is 23.9 Å². The maximum Gasteiger partial charge on any atom is 0.359 e. The van der Waals surface area contributed by atoms with Gasteiger partial charge >= 0.3 is 11.9 Å². The molecule has 0 aromatic heterocycles. The van der Waals surface area contributed by atoms with Crippen molar-refractivity contribution in [1.82, 2.24) is 0 Å². The van der Waals surface area contributed by atoms with Crippen LogP contribution in [0.2, 0.25) is 0 Å². The molecule has 0 unspecified atom stereocenters. The summed E-state index contributed by atoms with van der Waals surface area (Å²) < 4.78 is 4.96. The summed E-state index contributed by atoms with van der Waals surface area (Å²) in [5, 5.41) is 8.55. The predicted molar refractivity (Wildman–Crippen MR) is 50.4 cm³/mol. The van der Waals surface area contributed by atoms with Gasteiger partial charge in [0.2, 0.25) is 6.73 Å². The van der Waals surface area contributed by atoms with Crippen LogP contribution in [0, 0.1) is 0 Å². The van der Waals surface area contributed by atoms with Gasteiger partial charge in [-0.3, -0.25) is 9.28 Å². The van der Waals surface area contributed by atoms with Gasteiger partial charge in [-0.25, -0.2) is 4.79 Å². The van der Waals surface area contributed by atoms with Crippen molar-refractivity contribution >= 4 is 11.9 Å². The molecule has 0 aliphatic carbocycles. The molecular formula is C9H16NO4+. The van der Waals surface area contributed by atoms with Crippen LogP contribution in [0.1, 0.15) is 6.42 Å². The van der Waals surface area contributed by atoms with Crippen molar-refractivity contribution in [2.45, 2.75) is 6.42 Å². The fourth-order valence-electron chi connectivity index (χ4n) is 0.835. The van der Waals surface area contributed by atoms with Crippen molar-refractivity contribution in [3.05, 3.63) is 12.7 Å². The van der Waals surface area contributed by atoms with Crippen LogP contribution in [0.25, 0.3) is 0 Å². The van der Waals surface area contributed by atoms with Crippen LogP contribution >= 0.6 is 0 Å². The lowest BCUT2D eigenvalue weighted by Crippen LogP contribution is -2.45. The number of carboxylic acids is 1. The summed E-state index contributed by atoms with van der Waals surface area (Å²) in [6, 6.07) is 0. The van der Waals surface area contributed by atoms with Crippen molar-refractivity contribution in [3.63, 3.8) is 0 Å². The average Bonchev–Trinajstić information content (AvgIpc) is 1.99. The quantitative estimate of drug-likeness (QED) is 0.290. The number of carboxylic acid groups (broad SMARTS) is 1. The molecule has 0 aromatic rings. The molecule has 0 spiro atoms. The first-order valence-corrected chi connectivity index (χ1v) is 4.18. The van der Waals surface area contributed by atoms with Crippen LogP contribution < -0.4 is 0 Å². The van der Waals surface area contributed by atoms with E-state index in [2.05, 4.69) is 6.58 Å². The summed E-state index contributed by atoms with van der Waals surface area (Å²) in [5.41, 5.74) is 0. The number of hydrogen-bond donors (Lipinski definition) is 1. The lowest BCUT2D eigenvalue weighted by molar-refractivity contribution is -0.900. The normalized spacial score (nSPS) is 10.7. The van der Waals surface area contributed by atoms with E-state index in [1.165, 1.54) is 6.08 Å². The molecule has 1 N–H and O–H groups in total. The Morgan fingerprint density at radius 3 is 2.50 bits per heavy atom. The maximum atomic E-state index is 10.9. The van der Waals surface area contributed by atoms with Crippen molar-refractivity contribution in [1.29, 1.82) is 0 Å². The third-order valence-corrected chi connectivity index (χ3v) is 1.45. The van der Waals surface area contributed by atoms with Crippen molar-refractivity contribution in [2.75, 3.05) is 27.4 Å². The van der Waals surface area contributed by atoms with Gasteiger partial charge in [-0.1, -0.05) is 6.08 Å². The van der Waals surface area contributed by atoms with Crippen LogP contribution in [0.5, 0.6) is 0 Å². The second-order valence-corrected chi connectivity index (χ2v) is 3.63. The molecule has 0 radical (unpaired) electrons. The topological polar surface area (TPSA) is 63.6 Å². The molecule has 0 rings (SSSR count). The Balaban J connectivity index is 3.91. The molecule has 5 heteroatoms. The molecule has 0 atom stereocenters. The van der Waals surface area contributed by atoms with Gasteiger partial charge in [-0.05, 0) is 0 Å². The lowest BCUT2D eigenvalue weighted by atomic mass is 10.4. The summed E-state index contributed by atoms with van der Waals surface area (Å²) in [6.07, 6.45) is 1.59. The van der Waals surface area contributed by atoms with E-state index in [1.807, 2.05) is 0 Å². The van der Waals surface area contributed by atoms with E-state index in [-0.39, 0.29) is 24.2 Å². The van der Waals surface area contributed by atoms with Crippen LogP contribution in [0.4, 0.5) is 0 Å². The zero-order chi connectivity index (χ0) is 11.2. The van der Waals surface area contributed by atoms with E-state index in [4.69, 9.17) is 9.84 Å². The predicted octanol–water partition coefficient (Wildman–Crippen LogP) is 0.224. The summed E-state index contributed by atoms with van der Waals surface area (Å²) >= 11 is 0. The molecular weight excluding hydrogens is 186 g/mol. The van der Waals surface area contributed by atoms with Crippen LogP contribution in [0.15, 0.2) is 12.7 Å². The average molecular weight is 202 g/mol. The fourth-order valence-corrected chi connectivity index (χ4v) is 0.835. The van der Waals surface area contributed by atoms with Gasteiger partial charge in [-0.2, -0.15) is 0 Å². The van der Waals surface area contributed by atoms with Gasteiger partial charge in [0.25, 0.3) is 0 Å². The highest BCUT2D eigenvalue weighted by atomic mass is 16.5. The van der Waals surface area contributed by atoms with Crippen molar-refractivity contribution in [3.8, 4) is 0 Å². The van der Waals surface area contributed by atoms with Crippen LogP contribution in [0.3, 0.4) is 0 Å². The minimum atomic E-state index is -0.922. The number of ether oxygens (including phenoxy) is 1. The maximum absolute atomic E-state index is 10.9. The fraction of sp³-hybridized carbons (Fsp3) is 0.556. The van der Waals surface area contributed by atoms with Gasteiger partial charge in [0.1, 0.15) is 0 Å². The number of nitrogens with zero attached hydrogens (tertiary/aromatic N) is 1. The Morgan fingerprint density at radius 2 is 2.07 bits per heavy atom. The Morgan fingerprint density at radius 1 is 1.50 bits per heavy atom. The first-order chi connectivity index (χ1) is 6.37. The van der Waals surface area contributed by atoms with Gasteiger partial charge in [-0.15, -0.1) is 6.58 Å². The SMILES string of the molecule is C=CCC(=O)OC[N+](C)(C)CC(=O)O. The molecule has 0 bridgehead atoms.